The molecule has 1 rings (SSSR count). The largest absolute Gasteiger partial charge is 0.494 e. The van der Waals surface area contributed by atoms with E-state index in [9.17, 15) is 18.3 Å². The van der Waals surface area contributed by atoms with E-state index in [0.29, 0.717) is 6.54 Å². The highest BCUT2D eigenvalue weighted by atomic mass is 32.2. The van der Waals surface area contributed by atoms with Crippen LogP contribution in [0.15, 0.2) is 9.70 Å². The molecule has 0 spiro atoms. The monoisotopic (exact) mass is 329 g/mol. The molecule has 1 N–H and O–H groups in total. The van der Waals surface area contributed by atoms with E-state index < -0.39 is 26.2 Å². The molecule has 114 valence electrons. The van der Waals surface area contributed by atoms with Crippen LogP contribution in [0.2, 0.25) is 0 Å². The zero-order valence-electron chi connectivity index (χ0n) is 11.8. The molecule has 0 amide bonds. The average Bonchev–Trinajstić information content (AvgIpc) is 2.38. The Labute approximate surface area is 127 Å². The maximum absolute atomic E-state index is 12.3. The van der Waals surface area contributed by atoms with Gasteiger partial charge in [-0.1, -0.05) is 0 Å². The van der Waals surface area contributed by atoms with E-state index in [-0.39, 0.29) is 16.9 Å². The molecule has 0 aliphatic heterocycles. The molecule has 0 saturated heterocycles. The predicted octanol–water partition coefficient (Wildman–Crippen LogP) is 1.03. The van der Waals surface area contributed by atoms with Crippen molar-refractivity contribution < 1.29 is 13.5 Å². The molecule has 1 aromatic heterocycles. The first-order valence-corrected chi connectivity index (χ1v) is 8.37. The molecule has 0 aromatic carbocycles. The van der Waals surface area contributed by atoms with Crippen molar-refractivity contribution in [3.05, 3.63) is 25.6 Å². The van der Waals surface area contributed by atoms with Gasteiger partial charge < -0.3 is 5.11 Å². The summed E-state index contributed by atoms with van der Waals surface area (Å²) in [6, 6.07) is 1.51. The van der Waals surface area contributed by atoms with Gasteiger partial charge >= 0.3 is 0 Å². The quantitative estimate of drug-likeness (QED) is 0.653. The smallest absolute Gasteiger partial charge is 0.265 e. The van der Waals surface area contributed by atoms with Gasteiger partial charge in [0.25, 0.3) is 5.56 Å². The maximum atomic E-state index is 12.3. The van der Waals surface area contributed by atoms with Gasteiger partial charge in [0.05, 0.1) is 0 Å². The van der Waals surface area contributed by atoms with Crippen molar-refractivity contribution in [2.75, 3.05) is 6.26 Å². The van der Waals surface area contributed by atoms with E-state index in [4.69, 9.17) is 17.5 Å². The molecule has 0 atom stereocenters. The highest BCUT2D eigenvalue weighted by molar-refractivity contribution is 7.95. The third-order valence-corrected chi connectivity index (χ3v) is 4.30. The van der Waals surface area contributed by atoms with Crippen molar-refractivity contribution in [1.82, 2.24) is 9.13 Å². The molecule has 21 heavy (non-hydrogen) atoms. The van der Waals surface area contributed by atoms with Crippen LogP contribution in [-0.4, -0.2) is 28.9 Å². The number of allylic oxidation sites excluding steroid dienone is 1. The van der Waals surface area contributed by atoms with Crippen molar-refractivity contribution in [1.29, 1.82) is 5.26 Å². The van der Waals surface area contributed by atoms with E-state index in [1.807, 2.05) is 0 Å². The number of aromatic nitrogens is 2. The minimum absolute atomic E-state index is 0.137. The third kappa shape index (κ3) is 3.22. The van der Waals surface area contributed by atoms with Crippen molar-refractivity contribution in [3.63, 3.8) is 0 Å². The highest BCUT2D eigenvalue weighted by Crippen LogP contribution is 2.19. The normalized spacial score (nSPS) is 12.2. The molecule has 1 aromatic rings. The van der Waals surface area contributed by atoms with Crippen LogP contribution < -0.4 is 5.56 Å². The third-order valence-electron chi connectivity index (χ3n) is 2.85. The Morgan fingerprint density at radius 1 is 1.38 bits per heavy atom. The maximum Gasteiger partial charge on any atom is 0.265 e. The molecule has 1 heterocycles. The lowest BCUT2D eigenvalue weighted by Crippen LogP contribution is -2.26. The lowest BCUT2D eigenvalue weighted by atomic mass is 10.2. The van der Waals surface area contributed by atoms with E-state index in [1.54, 1.807) is 13.8 Å². The first kappa shape index (κ1) is 17.1. The lowest BCUT2D eigenvalue weighted by Gasteiger charge is -2.13. The van der Waals surface area contributed by atoms with Gasteiger partial charge in [0.1, 0.15) is 16.5 Å². The van der Waals surface area contributed by atoms with Gasteiger partial charge in [-0.15, -0.1) is 0 Å². The second kappa shape index (κ2) is 6.24. The van der Waals surface area contributed by atoms with E-state index in [1.165, 1.54) is 15.2 Å². The number of nitrogens with zero attached hydrogens (tertiary/aromatic N) is 3. The van der Waals surface area contributed by atoms with Crippen LogP contribution in [-0.2, 0) is 22.9 Å². The zero-order valence-corrected chi connectivity index (χ0v) is 13.5. The van der Waals surface area contributed by atoms with Crippen molar-refractivity contribution in [2.24, 2.45) is 0 Å². The fraction of sp³-hybridized carbons (Fsp3) is 0.417. The van der Waals surface area contributed by atoms with Gasteiger partial charge in [-0.25, -0.2) is 8.42 Å². The fourth-order valence-electron chi connectivity index (χ4n) is 1.75. The Kier molecular flexibility index (Phi) is 5.09. The van der Waals surface area contributed by atoms with Gasteiger partial charge in [0, 0.05) is 19.3 Å². The Balaban J connectivity index is 3.91. The number of hydrogen-bond acceptors (Lipinski definition) is 6. The van der Waals surface area contributed by atoms with Crippen LogP contribution in [0, 0.1) is 16.1 Å². The topological polar surface area (TPSA) is 105 Å². The molecule has 0 aliphatic carbocycles. The summed E-state index contributed by atoms with van der Waals surface area (Å²) in [6.45, 7) is 3.98. The number of hydrogen-bond donors (Lipinski definition) is 1. The second-order valence-electron chi connectivity index (χ2n) is 4.21. The van der Waals surface area contributed by atoms with Gasteiger partial charge in [-0.05, 0) is 32.1 Å². The number of aromatic hydroxyl groups is 1. The van der Waals surface area contributed by atoms with Crippen molar-refractivity contribution in [3.8, 4) is 11.9 Å². The Morgan fingerprint density at radius 3 is 2.29 bits per heavy atom. The standard InChI is InChI=1S/C12H15N3O4S2/c1-4-14-10(16)9(6-8(7-13)21(3,18)19)11(17)15(5-2)12(14)20/h6,16H,4-5H2,1-3H3. The van der Waals surface area contributed by atoms with Crippen LogP contribution in [0.1, 0.15) is 19.4 Å². The molecular weight excluding hydrogens is 314 g/mol. The minimum Gasteiger partial charge on any atom is -0.494 e. The summed E-state index contributed by atoms with van der Waals surface area (Å²) in [5, 5.41) is 19.0. The van der Waals surface area contributed by atoms with Gasteiger partial charge in [-0.3, -0.25) is 13.9 Å². The highest BCUT2D eigenvalue weighted by Gasteiger charge is 2.18. The minimum atomic E-state index is -3.79. The number of nitriles is 1. The molecular formula is C12H15N3O4S2. The summed E-state index contributed by atoms with van der Waals surface area (Å²) in [7, 11) is -3.79. The Morgan fingerprint density at radius 2 is 1.90 bits per heavy atom. The van der Waals surface area contributed by atoms with Crippen LogP contribution in [0.5, 0.6) is 5.88 Å². The number of sulfone groups is 1. The van der Waals surface area contributed by atoms with Crippen LogP contribution in [0.3, 0.4) is 0 Å². The SMILES string of the molecule is CCn1c(O)c(C=C(C#N)S(C)(=O)=O)c(=O)n(CC)c1=S. The van der Waals surface area contributed by atoms with Gasteiger partial charge in [0.15, 0.2) is 14.6 Å². The summed E-state index contributed by atoms with van der Waals surface area (Å²) in [4.78, 5) is 11.7. The first-order chi connectivity index (χ1) is 9.68. The van der Waals surface area contributed by atoms with Crippen LogP contribution in [0.25, 0.3) is 6.08 Å². The Hall–Kier alpha value is -1.92. The molecule has 9 heteroatoms. The number of rotatable bonds is 4. The fourth-order valence-corrected chi connectivity index (χ4v) is 2.68. The zero-order chi connectivity index (χ0) is 16.4. The summed E-state index contributed by atoms with van der Waals surface area (Å²) >= 11 is 5.10. The van der Waals surface area contributed by atoms with Crippen molar-refractivity contribution >= 4 is 28.1 Å². The predicted molar refractivity (Wildman–Crippen MR) is 81.0 cm³/mol. The van der Waals surface area contributed by atoms with Crippen LogP contribution in [0.4, 0.5) is 0 Å². The molecule has 0 bridgehead atoms. The lowest BCUT2D eigenvalue weighted by molar-refractivity contribution is 0.399. The molecule has 7 nitrogen and oxygen atoms in total. The second-order valence-corrected chi connectivity index (χ2v) is 6.56. The summed E-state index contributed by atoms with van der Waals surface area (Å²) in [5.41, 5.74) is -0.907. The summed E-state index contributed by atoms with van der Waals surface area (Å²) in [6.07, 6.45) is 1.73. The van der Waals surface area contributed by atoms with Crippen LogP contribution >= 0.6 is 12.2 Å². The first-order valence-electron chi connectivity index (χ1n) is 6.07. The van der Waals surface area contributed by atoms with Gasteiger partial charge in [-0.2, -0.15) is 5.26 Å². The molecule has 0 saturated carbocycles. The average molecular weight is 329 g/mol. The van der Waals surface area contributed by atoms with E-state index in [0.717, 1.165) is 12.3 Å². The summed E-state index contributed by atoms with van der Waals surface area (Å²) in [5.74, 6) is -0.450. The molecule has 0 radical (unpaired) electrons. The van der Waals surface area contributed by atoms with Gasteiger partial charge in [0.2, 0.25) is 5.88 Å². The molecule has 0 unspecified atom stereocenters. The summed E-state index contributed by atoms with van der Waals surface area (Å²) < 4.78 is 25.6. The molecule has 0 fully saturated rings. The Bertz CT molecular complexity index is 854. The van der Waals surface area contributed by atoms with Crippen molar-refractivity contribution in [2.45, 2.75) is 26.9 Å². The van der Waals surface area contributed by atoms with E-state index in [2.05, 4.69) is 0 Å². The van der Waals surface area contributed by atoms with E-state index >= 15 is 0 Å². The molecule has 0 aliphatic rings.